The molecule has 1 saturated heterocycles. The number of hydrogen-bond donors (Lipinski definition) is 1. The molecule has 0 saturated carbocycles. The van der Waals surface area contributed by atoms with E-state index < -0.39 is 0 Å². The maximum Gasteiger partial charge on any atom is 0.233 e. The summed E-state index contributed by atoms with van der Waals surface area (Å²) in [5.41, 5.74) is 0.842. The number of hydrogen-bond acceptors (Lipinski definition) is 5. The summed E-state index contributed by atoms with van der Waals surface area (Å²) < 4.78 is 10.6. The molecule has 0 spiro atoms. The molecule has 2 rings (SSSR count). The third-order valence-corrected chi connectivity index (χ3v) is 2.91. The van der Waals surface area contributed by atoms with Gasteiger partial charge in [-0.1, -0.05) is 0 Å². The zero-order valence-corrected chi connectivity index (χ0v) is 10.2. The molecular weight excluding hydrogens is 218 g/mol. The van der Waals surface area contributed by atoms with Gasteiger partial charge in [0.15, 0.2) is 0 Å². The maximum atomic E-state index is 5.65. The summed E-state index contributed by atoms with van der Waals surface area (Å²) >= 11 is 0. The Morgan fingerprint density at radius 1 is 1.41 bits per heavy atom. The van der Waals surface area contributed by atoms with E-state index in [2.05, 4.69) is 15.5 Å². The van der Waals surface area contributed by atoms with E-state index in [4.69, 9.17) is 9.47 Å². The van der Waals surface area contributed by atoms with Crippen molar-refractivity contribution in [3.8, 4) is 5.88 Å². The lowest BCUT2D eigenvalue weighted by Crippen LogP contribution is -2.32. The predicted octanol–water partition coefficient (Wildman–Crippen LogP) is 1.00. The lowest BCUT2D eigenvalue weighted by Gasteiger charge is -2.22. The van der Waals surface area contributed by atoms with Crippen LogP contribution < -0.4 is 10.1 Å². The second-order valence-corrected chi connectivity index (χ2v) is 4.29. The summed E-state index contributed by atoms with van der Waals surface area (Å²) in [6, 6.07) is 3.68. The first-order valence-electron chi connectivity index (χ1n) is 6.03. The molecular formula is C12H19N3O2. The Morgan fingerprint density at radius 2 is 2.35 bits per heavy atom. The first-order chi connectivity index (χ1) is 8.38. The molecule has 0 aliphatic carbocycles. The fourth-order valence-electron chi connectivity index (χ4n) is 1.93. The van der Waals surface area contributed by atoms with E-state index in [1.54, 1.807) is 13.2 Å². The standard InChI is InChI=1S/C12H19N3O2/c1-16-12-5-4-11(14-15-12)9-17-8-10-3-2-6-13-7-10/h4-5,10,13H,2-3,6-9H2,1H3. The highest BCUT2D eigenvalue weighted by Gasteiger charge is 2.12. The van der Waals surface area contributed by atoms with E-state index in [9.17, 15) is 0 Å². The van der Waals surface area contributed by atoms with Crippen molar-refractivity contribution in [3.63, 3.8) is 0 Å². The number of ether oxygens (including phenoxy) is 2. The smallest absolute Gasteiger partial charge is 0.233 e. The number of rotatable bonds is 5. The van der Waals surface area contributed by atoms with Crippen LogP contribution in [-0.2, 0) is 11.3 Å². The van der Waals surface area contributed by atoms with Crippen molar-refractivity contribution in [2.24, 2.45) is 5.92 Å². The van der Waals surface area contributed by atoms with E-state index in [-0.39, 0.29) is 0 Å². The molecule has 0 aromatic carbocycles. The molecule has 5 nitrogen and oxygen atoms in total. The van der Waals surface area contributed by atoms with Crippen molar-refractivity contribution in [2.45, 2.75) is 19.4 Å². The molecule has 1 N–H and O–H groups in total. The highest BCUT2D eigenvalue weighted by Crippen LogP contribution is 2.11. The SMILES string of the molecule is COc1ccc(COCC2CCCNC2)nn1. The van der Waals surface area contributed by atoms with Gasteiger partial charge in [-0.25, -0.2) is 0 Å². The average Bonchev–Trinajstić information content (AvgIpc) is 2.41. The highest BCUT2D eigenvalue weighted by atomic mass is 16.5. The molecule has 1 aliphatic heterocycles. The minimum atomic E-state index is 0.521. The lowest BCUT2D eigenvalue weighted by molar-refractivity contribution is 0.0758. The van der Waals surface area contributed by atoms with Crippen molar-refractivity contribution < 1.29 is 9.47 Å². The minimum Gasteiger partial charge on any atom is -0.480 e. The average molecular weight is 237 g/mol. The number of methoxy groups -OCH3 is 1. The minimum absolute atomic E-state index is 0.521. The number of nitrogens with one attached hydrogen (secondary N) is 1. The van der Waals surface area contributed by atoms with Crippen LogP contribution in [0, 0.1) is 5.92 Å². The van der Waals surface area contributed by atoms with Crippen LogP contribution in [0.15, 0.2) is 12.1 Å². The van der Waals surface area contributed by atoms with Crippen molar-refractivity contribution in [1.29, 1.82) is 0 Å². The van der Waals surface area contributed by atoms with Crippen LogP contribution in [-0.4, -0.2) is 37.0 Å². The molecule has 2 heterocycles. The summed E-state index contributed by atoms with van der Waals surface area (Å²) in [5, 5.41) is 11.3. The molecule has 1 unspecified atom stereocenters. The van der Waals surface area contributed by atoms with Gasteiger partial charge in [0.1, 0.15) is 0 Å². The first-order valence-corrected chi connectivity index (χ1v) is 6.03. The Morgan fingerprint density at radius 3 is 3.00 bits per heavy atom. The molecule has 0 amide bonds. The van der Waals surface area contributed by atoms with Crippen molar-refractivity contribution >= 4 is 0 Å². The molecule has 1 aliphatic rings. The van der Waals surface area contributed by atoms with E-state index in [0.29, 0.717) is 18.4 Å². The van der Waals surface area contributed by atoms with Crippen LogP contribution in [0.1, 0.15) is 18.5 Å². The first kappa shape index (κ1) is 12.3. The molecule has 1 fully saturated rings. The van der Waals surface area contributed by atoms with Gasteiger partial charge >= 0.3 is 0 Å². The zero-order valence-electron chi connectivity index (χ0n) is 10.2. The third-order valence-electron chi connectivity index (χ3n) is 2.91. The quantitative estimate of drug-likeness (QED) is 0.828. The fraction of sp³-hybridized carbons (Fsp3) is 0.667. The van der Waals surface area contributed by atoms with Crippen LogP contribution in [0.4, 0.5) is 0 Å². The molecule has 0 radical (unpaired) electrons. The fourth-order valence-corrected chi connectivity index (χ4v) is 1.93. The normalized spacial score (nSPS) is 20.2. The van der Waals surface area contributed by atoms with Gasteiger partial charge in [-0.15, -0.1) is 10.2 Å². The Kier molecular flexibility index (Phi) is 4.70. The van der Waals surface area contributed by atoms with E-state index in [1.807, 2.05) is 6.07 Å². The van der Waals surface area contributed by atoms with Gasteiger partial charge in [0.25, 0.3) is 0 Å². The van der Waals surface area contributed by atoms with Crippen LogP contribution in [0.25, 0.3) is 0 Å². The summed E-state index contributed by atoms with van der Waals surface area (Å²) in [4.78, 5) is 0. The molecule has 1 atom stereocenters. The summed E-state index contributed by atoms with van der Waals surface area (Å²) in [5.74, 6) is 1.17. The van der Waals surface area contributed by atoms with Crippen LogP contribution in [0.3, 0.4) is 0 Å². The number of aromatic nitrogens is 2. The summed E-state index contributed by atoms with van der Waals surface area (Å²) in [6.07, 6.45) is 2.50. The van der Waals surface area contributed by atoms with Crippen LogP contribution >= 0.6 is 0 Å². The van der Waals surface area contributed by atoms with Gasteiger partial charge in [-0.05, 0) is 31.4 Å². The molecule has 94 valence electrons. The van der Waals surface area contributed by atoms with Gasteiger partial charge in [0, 0.05) is 12.6 Å². The van der Waals surface area contributed by atoms with Crippen LogP contribution in [0.2, 0.25) is 0 Å². The summed E-state index contributed by atoms with van der Waals surface area (Å²) in [6.45, 7) is 3.52. The van der Waals surface area contributed by atoms with Gasteiger partial charge in [0.05, 0.1) is 26.0 Å². The second-order valence-electron chi connectivity index (χ2n) is 4.29. The maximum absolute atomic E-state index is 5.65. The Hall–Kier alpha value is -1.20. The topological polar surface area (TPSA) is 56.3 Å². The van der Waals surface area contributed by atoms with Crippen molar-refractivity contribution in [1.82, 2.24) is 15.5 Å². The molecule has 5 heteroatoms. The monoisotopic (exact) mass is 237 g/mol. The van der Waals surface area contributed by atoms with Gasteiger partial charge in [0.2, 0.25) is 5.88 Å². The third kappa shape index (κ3) is 3.94. The van der Waals surface area contributed by atoms with Gasteiger partial charge in [-0.2, -0.15) is 0 Å². The highest BCUT2D eigenvalue weighted by molar-refractivity contribution is 5.10. The van der Waals surface area contributed by atoms with Crippen molar-refractivity contribution in [2.75, 3.05) is 26.8 Å². The molecule has 0 bridgehead atoms. The Labute approximate surface area is 102 Å². The van der Waals surface area contributed by atoms with Gasteiger partial charge < -0.3 is 14.8 Å². The van der Waals surface area contributed by atoms with Gasteiger partial charge in [-0.3, -0.25) is 0 Å². The largest absolute Gasteiger partial charge is 0.480 e. The predicted molar refractivity (Wildman–Crippen MR) is 63.8 cm³/mol. The summed E-state index contributed by atoms with van der Waals surface area (Å²) in [7, 11) is 1.58. The number of nitrogens with zero attached hydrogens (tertiary/aromatic N) is 2. The Bertz CT molecular complexity index is 323. The van der Waals surface area contributed by atoms with E-state index in [1.165, 1.54) is 12.8 Å². The van der Waals surface area contributed by atoms with E-state index in [0.717, 1.165) is 25.4 Å². The second kappa shape index (κ2) is 6.51. The molecule has 1 aromatic rings. The zero-order chi connectivity index (χ0) is 11.9. The van der Waals surface area contributed by atoms with Crippen molar-refractivity contribution in [3.05, 3.63) is 17.8 Å². The van der Waals surface area contributed by atoms with E-state index >= 15 is 0 Å². The van der Waals surface area contributed by atoms with Crippen LogP contribution in [0.5, 0.6) is 5.88 Å². The molecule has 17 heavy (non-hydrogen) atoms. The number of piperidine rings is 1. The molecule has 1 aromatic heterocycles. The lowest BCUT2D eigenvalue weighted by atomic mass is 10.0. The Balaban J connectivity index is 1.69.